The smallest absolute Gasteiger partial charge is 0.221 e. The van der Waals surface area contributed by atoms with Gasteiger partial charge in [-0.1, -0.05) is 17.7 Å². The second kappa shape index (κ2) is 9.29. The summed E-state index contributed by atoms with van der Waals surface area (Å²) in [5, 5.41) is 6.26. The molecule has 2 N–H and O–H groups in total. The number of nitrogens with zero attached hydrogens (tertiary/aromatic N) is 1. The average molecular weight is 287 g/mol. The van der Waals surface area contributed by atoms with Gasteiger partial charge in [0.1, 0.15) is 0 Å². The van der Waals surface area contributed by atoms with Crippen LogP contribution in [0, 0.1) is 0 Å². The summed E-state index contributed by atoms with van der Waals surface area (Å²) in [6.07, 6.45) is 12.5. The Kier molecular flexibility index (Phi) is 6.95. The van der Waals surface area contributed by atoms with E-state index in [1.807, 2.05) is 18.3 Å². The van der Waals surface area contributed by atoms with Gasteiger partial charge in [-0.25, -0.2) is 0 Å². The molecule has 0 bridgehead atoms. The molecule has 4 nitrogen and oxygen atoms in total. The third-order valence-electron chi connectivity index (χ3n) is 3.73. The molecule has 2 rings (SSSR count). The molecule has 1 aromatic rings. The lowest BCUT2D eigenvalue weighted by Gasteiger charge is -2.13. The molecule has 1 amide bonds. The maximum absolute atomic E-state index is 11.7. The van der Waals surface area contributed by atoms with E-state index in [1.165, 1.54) is 31.3 Å². The maximum atomic E-state index is 11.7. The van der Waals surface area contributed by atoms with Crippen LogP contribution in [0.1, 0.15) is 44.1 Å². The van der Waals surface area contributed by atoms with Gasteiger partial charge in [0.25, 0.3) is 0 Å². The third-order valence-corrected chi connectivity index (χ3v) is 3.73. The molecular weight excluding hydrogens is 262 g/mol. The van der Waals surface area contributed by atoms with Crippen LogP contribution < -0.4 is 10.6 Å². The fourth-order valence-corrected chi connectivity index (χ4v) is 2.52. The molecule has 0 saturated carbocycles. The number of carbonyl (C=O) groups is 1. The molecule has 21 heavy (non-hydrogen) atoms. The monoisotopic (exact) mass is 287 g/mol. The van der Waals surface area contributed by atoms with Crippen molar-refractivity contribution in [3.05, 3.63) is 41.7 Å². The Bertz CT molecular complexity index is 456. The van der Waals surface area contributed by atoms with E-state index in [9.17, 15) is 4.79 Å². The predicted molar refractivity (Wildman–Crippen MR) is 84.7 cm³/mol. The fraction of sp³-hybridized carbons (Fsp3) is 0.529. The van der Waals surface area contributed by atoms with Gasteiger partial charge in [0.05, 0.1) is 0 Å². The minimum Gasteiger partial charge on any atom is -0.356 e. The second-order valence-corrected chi connectivity index (χ2v) is 5.50. The van der Waals surface area contributed by atoms with Gasteiger partial charge in [0.15, 0.2) is 0 Å². The topological polar surface area (TPSA) is 54.0 Å². The van der Waals surface area contributed by atoms with E-state index in [1.54, 1.807) is 6.20 Å². The summed E-state index contributed by atoms with van der Waals surface area (Å²) in [6.45, 7) is 2.23. The number of hydrogen-bond donors (Lipinski definition) is 2. The van der Waals surface area contributed by atoms with Crippen LogP contribution in [0.5, 0.6) is 0 Å². The normalized spacial score (nSPS) is 14.6. The molecule has 0 aromatic carbocycles. The molecule has 4 heteroatoms. The van der Waals surface area contributed by atoms with Gasteiger partial charge in [0.2, 0.25) is 5.91 Å². The lowest BCUT2D eigenvalue weighted by molar-refractivity contribution is -0.120. The highest BCUT2D eigenvalue weighted by Gasteiger charge is 2.05. The van der Waals surface area contributed by atoms with Crippen molar-refractivity contribution in [3.8, 4) is 0 Å². The Morgan fingerprint density at radius 3 is 3.00 bits per heavy atom. The fourth-order valence-electron chi connectivity index (χ4n) is 2.52. The first-order valence-corrected chi connectivity index (χ1v) is 7.89. The number of pyridine rings is 1. The SMILES string of the molecule is O=C(CCNCc1cccnc1)NCCC1=CCCCC1. The largest absolute Gasteiger partial charge is 0.356 e. The van der Waals surface area contributed by atoms with Crippen molar-refractivity contribution >= 4 is 5.91 Å². The zero-order valence-electron chi connectivity index (χ0n) is 12.6. The summed E-state index contributed by atoms with van der Waals surface area (Å²) in [5.41, 5.74) is 2.65. The lowest BCUT2D eigenvalue weighted by Crippen LogP contribution is -2.28. The molecule has 0 aliphatic heterocycles. The number of carbonyl (C=O) groups excluding carboxylic acids is 1. The molecule has 114 valence electrons. The number of allylic oxidation sites excluding steroid dienone is 1. The third kappa shape index (κ3) is 6.54. The number of nitrogens with one attached hydrogen (secondary N) is 2. The Hall–Kier alpha value is -1.68. The number of rotatable bonds is 8. The molecule has 0 radical (unpaired) electrons. The van der Waals surface area contributed by atoms with E-state index >= 15 is 0 Å². The van der Waals surface area contributed by atoms with Crippen LogP contribution in [0.15, 0.2) is 36.2 Å². The van der Waals surface area contributed by atoms with E-state index in [0.717, 1.165) is 25.1 Å². The van der Waals surface area contributed by atoms with Crippen LogP contribution in [0.4, 0.5) is 0 Å². The van der Waals surface area contributed by atoms with Gasteiger partial charge in [0, 0.05) is 38.4 Å². The summed E-state index contributed by atoms with van der Waals surface area (Å²) in [7, 11) is 0. The highest BCUT2D eigenvalue weighted by molar-refractivity contribution is 5.76. The van der Waals surface area contributed by atoms with Crippen molar-refractivity contribution in [2.45, 2.75) is 45.1 Å². The number of amides is 1. The van der Waals surface area contributed by atoms with Crippen molar-refractivity contribution in [3.63, 3.8) is 0 Å². The van der Waals surface area contributed by atoms with Crippen LogP contribution in [-0.4, -0.2) is 24.0 Å². The summed E-state index contributed by atoms with van der Waals surface area (Å²) in [5.74, 6) is 0.130. The first kappa shape index (κ1) is 15.7. The van der Waals surface area contributed by atoms with E-state index < -0.39 is 0 Å². The van der Waals surface area contributed by atoms with E-state index in [0.29, 0.717) is 13.0 Å². The van der Waals surface area contributed by atoms with Crippen LogP contribution in [0.3, 0.4) is 0 Å². The second-order valence-electron chi connectivity index (χ2n) is 5.50. The Balaban J connectivity index is 1.50. The standard InChI is InChI=1S/C17H25N3O/c21-17(20-12-8-15-5-2-1-3-6-15)9-11-19-14-16-7-4-10-18-13-16/h4-5,7,10,13,19H,1-3,6,8-9,11-12,14H2,(H,20,21). The highest BCUT2D eigenvalue weighted by atomic mass is 16.1. The first-order chi connectivity index (χ1) is 10.3. The van der Waals surface area contributed by atoms with Gasteiger partial charge >= 0.3 is 0 Å². The van der Waals surface area contributed by atoms with Gasteiger partial charge in [-0.2, -0.15) is 0 Å². The van der Waals surface area contributed by atoms with Crippen molar-refractivity contribution in [1.82, 2.24) is 15.6 Å². The summed E-state index contributed by atoms with van der Waals surface area (Å²) in [4.78, 5) is 15.8. The molecule has 0 spiro atoms. The minimum absolute atomic E-state index is 0.130. The lowest BCUT2D eigenvalue weighted by atomic mass is 9.97. The molecule has 0 saturated heterocycles. The molecule has 1 aromatic heterocycles. The minimum atomic E-state index is 0.130. The van der Waals surface area contributed by atoms with Crippen molar-refractivity contribution in [1.29, 1.82) is 0 Å². The van der Waals surface area contributed by atoms with Crippen molar-refractivity contribution in [2.24, 2.45) is 0 Å². The van der Waals surface area contributed by atoms with Crippen LogP contribution in [0.25, 0.3) is 0 Å². The van der Waals surface area contributed by atoms with E-state index in [4.69, 9.17) is 0 Å². The van der Waals surface area contributed by atoms with Gasteiger partial charge in [-0.15, -0.1) is 0 Å². The average Bonchev–Trinajstić information content (AvgIpc) is 2.54. The summed E-state index contributed by atoms with van der Waals surface area (Å²) in [6, 6.07) is 3.95. The predicted octanol–water partition coefficient (Wildman–Crippen LogP) is 2.57. The molecular formula is C17H25N3O. The Morgan fingerprint density at radius 2 is 2.24 bits per heavy atom. The van der Waals surface area contributed by atoms with Crippen LogP contribution in [0.2, 0.25) is 0 Å². The molecule has 0 fully saturated rings. The number of aromatic nitrogens is 1. The molecule has 1 aliphatic carbocycles. The van der Waals surface area contributed by atoms with Gasteiger partial charge in [-0.05, 0) is 43.7 Å². The van der Waals surface area contributed by atoms with Crippen LogP contribution >= 0.6 is 0 Å². The number of hydrogen-bond acceptors (Lipinski definition) is 3. The van der Waals surface area contributed by atoms with Crippen LogP contribution in [-0.2, 0) is 11.3 Å². The molecule has 0 atom stereocenters. The zero-order valence-corrected chi connectivity index (χ0v) is 12.6. The zero-order chi connectivity index (χ0) is 14.8. The maximum Gasteiger partial charge on any atom is 0.221 e. The van der Waals surface area contributed by atoms with Gasteiger partial charge < -0.3 is 10.6 Å². The Labute approximate surface area is 127 Å². The van der Waals surface area contributed by atoms with Crippen molar-refractivity contribution in [2.75, 3.05) is 13.1 Å². The van der Waals surface area contributed by atoms with E-state index in [-0.39, 0.29) is 5.91 Å². The van der Waals surface area contributed by atoms with Crippen molar-refractivity contribution < 1.29 is 4.79 Å². The van der Waals surface area contributed by atoms with Gasteiger partial charge in [-0.3, -0.25) is 9.78 Å². The quantitative estimate of drug-likeness (QED) is 0.571. The summed E-state index contributed by atoms with van der Waals surface area (Å²) < 4.78 is 0. The Morgan fingerprint density at radius 1 is 1.29 bits per heavy atom. The molecule has 1 aliphatic rings. The molecule has 1 heterocycles. The highest BCUT2D eigenvalue weighted by Crippen LogP contribution is 2.19. The van der Waals surface area contributed by atoms with E-state index in [2.05, 4.69) is 21.7 Å². The molecule has 0 unspecified atom stereocenters. The summed E-state index contributed by atoms with van der Waals surface area (Å²) >= 11 is 0. The first-order valence-electron chi connectivity index (χ1n) is 7.89.